The van der Waals surface area contributed by atoms with Crippen molar-refractivity contribution in [1.82, 2.24) is 4.98 Å². The van der Waals surface area contributed by atoms with Crippen molar-refractivity contribution in [3.8, 4) is 22.4 Å². The molecule has 1 aromatic heterocycles. The summed E-state index contributed by atoms with van der Waals surface area (Å²) in [7, 11) is 0. The molecule has 3 aromatic rings. The van der Waals surface area contributed by atoms with Crippen LogP contribution in [0.25, 0.3) is 22.4 Å². The van der Waals surface area contributed by atoms with Crippen LogP contribution >= 0.6 is 0 Å². The molecule has 0 aliphatic heterocycles. The van der Waals surface area contributed by atoms with Gasteiger partial charge in [-0.1, -0.05) is 0 Å². The van der Waals surface area contributed by atoms with Gasteiger partial charge in [0, 0.05) is 0 Å². The van der Waals surface area contributed by atoms with Crippen molar-refractivity contribution in [3.63, 3.8) is 0 Å². The summed E-state index contributed by atoms with van der Waals surface area (Å²) in [6, 6.07) is 18.1. The summed E-state index contributed by atoms with van der Waals surface area (Å²) in [4.78, 5) is 5.04. The van der Waals surface area contributed by atoms with Crippen LogP contribution in [0.5, 0.6) is 0 Å². The molecule has 0 atom stereocenters. The molecule has 0 bridgehead atoms. The first-order chi connectivity index (χ1) is 14.0. The minimum atomic E-state index is -1.95. The van der Waals surface area contributed by atoms with E-state index in [9.17, 15) is 0 Å². The van der Waals surface area contributed by atoms with E-state index in [1.165, 1.54) is 65.6 Å². The van der Waals surface area contributed by atoms with Gasteiger partial charge in [-0.25, -0.2) is 0 Å². The zero-order chi connectivity index (χ0) is 20.0. The Balaban J connectivity index is 1.59. The van der Waals surface area contributed by atoms with Crippen molar-refractivity contribution < 1.29 is 0 Å². The summed E-state index contributed by atoms with van der Waals surface area (Å²) in [5.74, 6) is 8.39. The van der Waals surface area contributed by atoms with E-state index in [1.54, 1.807) is 9.96 Å². The van der Waals surface area contributed by atoms with Crippen molar-refractivity contribution in [1.29, 1.82) is 0 Å². The number of pyridine rings is 1. The molecular weight excluding hydrogens is 411 g/mol. The van der Waals surface area contributed by atoms with Gasteiger partial charge in [0.15, 0.2) is 0 Å². The fraction of sp³-hybridized carbons (Fsp3) is 0.370. The molecule has 0 amide bonds. The Morgan fingerprint density at radius 3 is 2.41 bits per heavy atom. The molecule has 1 saturated carbocycles. The average molecular weight is 442 g/mol. The van der Waals surface area contributed by atoms with Crippen LogP contribution in [0, 0.1) is 5.92 Å². The van der Waals surface area contributed by atoms with Gasteiger partial charge in [-0.2, -0.15) is 0 Å². The van der Waals surface area contributed by atoms with Gasteiger partial charge >= 0.3 is 178 Å². The van der Waals surface area contributed by atoms with E-state index in [0.29, 0.717) is 0 Å². The number of nitrogens with zero attached hydrogens (tertiary/aromatic N) is 1. The fourth-order valence-corrected chi connectivity index (χ4v) is 8.75. The first-order valence-corrected chi connectivity index (χ1v) is 18.5. The summed E-state index contributed by atoms with van der Waals surface area (Å²) in [5, 5.41) is 0. The summed E-state index contributed by atoms with van der Waals surface area (Å²) in [6.07, 6.45) is 10.2. The fourth-order valence-electron chi connectivity index (χ4n) is 5.41. The van der Waals surface area contributed by atoms with Gasteiger partial charge in [-0.3, -0.25) is 0 Å². The first-order valence-electron chi connectivity index (χ1n) is 11.2. The van der Waals surface area contributed by atoms with Crippen LogP contribution in [0.15, 0.2) is 54.7 Å². The summed E-state index contributed by atoms with van der Waals surface area (Å²) < 4.78 is 1.61. The Bertz CT molecular complexity index is 1050. The predicted molar refractivity (Wildman–Crippen MR) is 127 cm³/mol. The van der Waals surface area contributed by atoms with Gasteiger partial charge in [0.25, 0.3) is 0 Å². The van der Waals surface area contributed by atoms with Gasteiger partial charge in [-0.15, -0.1) is 0 Å². The number of rotatable bonds is 4. The number of aromatic nitrogens is 1. The number of hydrogen-bond acceptors (Lipinski definition) is 1. The molecule has 0 N–H and O–H groups in total. The standard InChI is InChI=1S/C27H31GeN/c1-28(2,3)26-18-29-27(17-21(26)15-19-9-4-5-10-19)24-14-8-13-23-22-12-7-6-11-20(22)16-25(23)24/h6-8,11-14,17-19H,4-5,9-10,15-16H2,1-3H3. The van der Waals surface area contributed by atoms with Crippen molar-refractivity contribution in [2.75, 3.05) is 0 Å². The average Bonchev–Trinajstić information content (AvgIpc) is 3.34. The van der Waals surface area contributed by atoms with Crippen LogP contribution in [0.1, 0.15) is 42.4 Å². The zero-order valence-corrected chi connectivity index (χ0v) is 20.1. The molecule has 0 unspecified atom stereocenters. The van der Waals surface area contributed by atoms with Gasteiger partial charge in [0.2, 0.25) is 0 Å². The third-order valence-corrected chi connectivity index (χ3v) is 11.2. The molecule has 0 saturated heterocycles. The summed E-state index contributed by atoms with van der Waals surface area (Å²) >= 11 is -1.95. The molecule has 0 spiro atoms. The minimum absolute atomic E-state index is 0.875. The molecule has 1 nitrogen and oxygen atoms in total. The van der Waals surface area contributed by atoms with Crippen molar-refractivity contribution in [2.45, 2.75) is 55.8 Å². The molecule has 1 fully saturated rings. The maximum absolute atomic E-state index is 5.04. The van der Waals surface area contributed by atoms with E-state index in [0.717, 1.165) is 12.3 Å². The first kappa shape index (κ1) is 19.1. The van der Waals surface area contributed by atoms with E-state index in [1.807, 2.05) is 0 Å². The Labute approximate surface area is 178 Å². The normalized spacial score (nSPS) is 16.1. The molecule has 2 heteroatoms. The van der Waals surface area contributed by atoms with Crippen molar-refractivity contribution in [3.05, 3.63) is 71.4 Å². The number of fused-ring (bicyclic) bond motifs is 3. The molecule has 1 heterocycles. The second kappa shape index (κ2) is 7.43. The third-order valence-electron chi connectivity index (χ3n) is 6.91. The SMILES string of the molecule is [CH3][Ge]([CH3])([CH3])[c]1cnc(-c2cccc3c2Cc2ccccc2-3)cc1CC1CCCC1. The van der Waals surface area contributed by atoms with Gasteiger partial charge in [0.05, 0.1) is 0 Å². The number of hydrogen-bond donors (Lipinski definition) is 0. The van der Waals surface area contributed by atoms with Crippen LogP contribution in [-0.4, -0.2) is 18.3 Å². The van der Waals surface area contributed by atoms with Crippen LogP contribution in [0.2, 0.25) is 17.3 Å². The molecular formula is C27H31GeN. The van der Waals surface area contributed by atoms with Gasteiger partial charge in [0.1, 0.15) is 0 Å². The topological polar surface area (TPSA) is 12.9 Å². The molecule has 2 aromatic carbocycles. The molecule has 148 valence electrons. The second-order valence-electron chi connectivity index (χ2n) is 10.00. The van der Waals surface area contributed by atoms with Crippen LogP contribution in [0.3, 0.4) is 0 Å². The molecule has 2 aliphatic rings. The van der Waals surface area contributed by atoms with E-state index in [4.69, 9.17) is 4.98 Å². The van der Waals surface area contributed by atoms with E-state index < -0.39 is 13.3 Å². The Kier molecular flexibility index (Phi) is 4.90. The van der Waals surface area contributed by atoms with Crippen molar-refractivity contribution in [2.24, 2.45) is 5.92 Å². The van der Waals surface area contributed by atoms with Gasteiger partial charge in [-0.05, 0) is 0 Å². The number of benzene rings is 2. The summed E-state index contributed by atoms with van der Waals surface area (Å²) in [5.41, 5.74) is 9.81. The molecule has 2 aliphatic carbocycles. The molecule has 5 rings (SSSR count). The van der Waals surface area contributed by atoms with Crippen LogP contribution in [-0.2, 0) is 12.8 Å². The third kappa shape index (κ3) is 3.59. The van der Waals surface area contributed by atoms with E-state index in [-0.39, 0.29) is 0 Å². The van der Waals surface area contributed by atoms with Crippen molar-refractivity contribution >= 4 is 17.7 Å². The Morgan fingerprint density at radius 1 is 0.897 bits per heavy atom. The van der Waals surface area contributed by atoms with Gasteiger partial charge < -0.3 is 0 Å². The molecule has 0 radical (unpaired) electrons. The van der Waals surface area contributed by atoms with Crippen LogP contribution < -0.4 is 4.40 Å². The second-order valence-corrected chi connectivity index (χ2v) is 20.6. The van der Waals surface area contributed by atoms with E-state index in [2.05, 4.69) is 72.0 Å². The van der Waals surface area contributed by atoms with Crippen LogP contribution in [0.4, 0.5) is 0 Å². The monoisotopic (exact) mass is 443 g/mol. The summed E-state index contributed by atoms with van der Waals surface area (Å²) in [6.45, 7) is 0. The Morgan fingerprint density at radius 2 is 1.62 bits per heavy atom. The Hall–Kier alpha value is -1.87. The quantitative estimate of drug-likeness (QED) is 0.325. The predicted octanol–water partition coefficient (Wildman–Crippen LogP) is 6.60. The molecule has 29 heavy (non-hydrogen) atoms. The maximum atomic E-state index is 5.04. The van der Waals surface area contributed by atoms with E-state index >= 15 is 0 Å². The zero-order valence-electron chi connectivity index (χ0n) is 18.0.